The molecule has 1 aromatic heterocycles. The average Bonchev–Trinajstić information content (AvgIpc) is 3.44. The van der Waals surface area contributed by atoms with E-state index in [1.54, 1.807) is 27.3 Å². The molecule has 6 heteroatoms. The second-order valence-corrected chi connectivity index (χ2v) is 7.73. The van der Waals surface area contributed by atoms with Crippen molar-refractivity contribution in [1.29, 1.82) is 0 Å². The molecule has 1 fully saturated rings. The Morgan fingerprint density at radius 1 is 1.14 bits per heavy atom. The topological polar surface area (TPSA) is 79.4 Å². The van der Waals surface area contributed by atoms with Gasteiger partial charge in [-0.3, -0.25) is 9.36 Å². The summed E-state index contributed by atoms with van der Waals surface area (Å²) in [5, 5.41) is 0. The Labute approximate surface area is 169 Å². The molecule has 6 nitrogen and oxygen atoms in total. The van der Waals surface area contributed by atoms with Crippen molar-refractivity contribution in [2.45, 2.75) is 24.7 Å². The summed E-state index contributed by atoms with van der Waals surface area (Å²) >= 11 is 0. The summed E-state index contributed by atoms with van der Waals surface area (Å²) in [6, 6.07) is 15.9. The van der Waals surface area contributed by atoms with E-state index in [2.05, 4.69) is 36.2 Å². The molecule has 4 rings (SSSR count). The van der Waals surface area contributed by atoms with Gasteiger partial charge in [-0.1, -0.05) is 43.3 Å². The molecule has 2 atom stereocenters. The molecular weight excluding hydrogens is 366 g/mol. The van der Waals surface area contributed by atoms with Crippen LogP contribution in [0.2, 0.25) is 0 Å². The first kappa shape index (κ1) is 19.1. The quantitative estimate of drug-likeness (QED) is 0.720. The van der Waals surface area contributed by atoms with Gasteiger partial charge >= 0.3 is 0 Å². The van der Waals surface area contributed by atoms with Crippen LogP contribution < -0.4 is 20.8 Å². The van der Waals surface area contributed by atoms with Gasteiger partial charge in [0.15, 0.2) is 11.5 Å². The Balaban J connectivity index is 1.72. The average molecular weight is 391 g/mol. The Morgan fingerprint density at radius 3 is 2.59 bits per heavy atom. The molecule has 0 bridgehead atoms. The van der Waals surface area contributed by atoms with Crippen LogP contribution in [0.5, 0.6) is 11.5 Å². The largest absolute Gasteiger partial charge is 0.493 e. The van der Waals surface area contributed by atoms with E-state index < -0.39 is 0 Å². The zero-order valence-corrected chi connectivity index (χ0v) is 17.1. The van der Waals surface area contributed by atoms with Gasteiger partial charge in [-0.05, 0) is 23.6 Å². The van der Waals surface area contributed by atoms with Crippen molar-refractivity contribution in [3.63, 3.8) is 0 Å². The van der Waals surface area contributed by atoms with E-state index >= 15 is 0 Å². The number of para-hydroxylation sites is 1. The molecular formula is C23H25N3O3. The van der Waals surface area contributed by atoms with Crippen molar-refractivity contribution in [1.82, 2.24) is 9.55 Å². The van der Waals surface area contributed by atoms with Gasteiger partial charge in [0.2, 0.25) is 5.95 Å². The number of nitrogens with zero attached hydrogens (tertiary/aromatic N) is 2. The van der Waals surface area contributed by atoms with Crippen LogP contribution >= 0.6 is 0 Å². The Morgan fingerprint density at radius 2 is 1.90 bits per heavy atom. The second kappa shape index (κ2) is 6.95. The summed E-state index contributed by atoms with van der Waals surface area (Å²) in [6.45, 7) is 2.20. The lowest BCUT2D eigenvalue weighted by atomic mass is 9.91. The summed E-state index contributed by atoms with van der Waals surface area (Å²) in [7, 11) is 4.91. The van der Waals surface area contributed by atoms with Crippen LogP contribution in [-0.4, -0.2) is 23.8 Å². The van der Waals surface area contributed by atoms with Gasteiger partial charge in [-0.15, -0.1) is 0 Å². The molecule has 0 saturated heterocycles. The van der Waals surface area contributed by atoms with E-state index in [9.17, 15) is 4.79 Å². The monoisotopic (exact) mass is 391 g/mol. The molecule has 2 N–H and O–H groups in total. The van der Waals surface area contributed by atoms with Gasteiger partial charge in [0, 0.05) is 30.0 Å². The maximum absolute atomic E-state index is 12.1. The molecule has 0 amide bonds. The minimum absolute atomic E-state index is 0.0894. The third-order valence-electron chi connectivity index (χ3n) is 6.02. The first-order chi connectivity index (χ1) is 13.9. The number of ether oxygens (including phenoxy) is 2. The SMILES string of the molecule is COc1cccc(-c2cccc([C@@]3(C)C[C@@H]3c3cc(=O)n(C)c(N)n3)c2)c1OC. The van der Waals surface area contributed by atoms with Crippen molar-refractivity contribution in [3.05, 3.63) is 70.1 Å². The van der Waals surface area contributed by atoms with E-state index in [-0.39, 0.29) is 22.8 Å². The molecule has 150 valence electrons. The van der Waals surface area contributed by atoms with Crippen molar-refractivity contribution < 1.29 is 9.47 Å². The number of benzene rings is 2. The summed E-state index contributed by atoms with van der Waals surface area (Å²) in [6.07, 6.45) is 0.922. The molecule has 0 spiro atoms. The number of rotatable bonds is 5. The van der Waals surface area contributed by atoms with Crippen LogP contribution in [0.25, 0.3) is 11.1 Å². The summed E-state index contributed by atoms with van der Waals surface area (Å²) < 4.78 is 12.4. The van der Waals surface area contributed by atoms with E-state index in [0.717, 1.165) is 23.2 Å². The van der Waals surface area contributed by atoms with Crippen molar-refractivity contribution in [2.75, 3.05) is 20.0 Å². The van der Waals surface area contributed by atoms with Gasteiger partial charge in [0.1, 0.15) is 0 Å². The number of nitrogens with two attached hydrogens (primary N) is 1. The van der Waals surface area contributed by atoms with Crippen LogP contribution in [0, 0.1) is 0 Å². The summed E-state index contributed by atoms with van der Waals surface area (Å²) in [4.78, 5) is 16.6. The summed E-state index contributed by atoms with van der Waals surface area (Å²) in [5.74, 6) is 1.83. The lowest BCUT2D eigenvalue weighted by Gasteiger charge is -2.16. The summed E-state index contributed by atoms with van der Waals surface area (Å²) in [5.41, 5.74) is 9.68. The highest BCUT2D eigenvalue weighted by Crippen LogP contribution is 2.60. The molecule has 0 aliphatic heterocycles. The third kappa shape index (κ3) is 3.14. The minimum atomic E-state index is -0.128. The molecule has 29 heavy (non-hydrogen) atoms. The van der Waals surface area contributed by atoms with Gasteiger partial charge in [-0.25, -0.2) is 4.98 Å². The fourth-order valence-corrected chi connectivity index (χ4v) is 4.03. The predicted octanol–water partition coefficient (Wildman–Crippen LogP) is 3.49. The number of hydrogen-bond donors (Lipinski definition) is 1. The smallest absolute Gasteiger partial charge is 0.254 e. The number of nitrogen functional groups attached to an aromatic ring is 1. The van der Waals surface area contributed by atoms with Gasteiger partial charge in [0.25, 0.3) is 5.56 Å². The van der Waals surface area contributed by atoms with Crippen LogP contribution in [0.1, 0.15) is 30.5 Å². The molecule has 1 aliphatic carbocycles. The lowest BCUT2D eigenvalue weighted by molar-refractivity contribution is 0.356. The van der Waals surface area contributed by atoms with E-state index in [0.29, 0.717) is 11.5 Å². The molecule has 0 unspecified atom stereocenters. The zero-order chi connectivity index (χ0) is 20.8. The molecule has 1 heterocycles. The zero-order valence-electron chi connectivity index (χ0n) is 17.1. The standard InChI is InChI=1S/C23H25N3O3/c1-23(13-17(23)18-12-20(27)26(2)22(24)25-18)15-8-5-7-14(11-15)16-9-6-10-19(28-3)21(16)29-4/h5-12,17H,13H2,1-4H3,(H2,24,25)/t17-,23-/m1/s1. The number of methoxy groups -OCH3 is 2. The first-order valence-corrected chi connectivity index (χ1v) is 9.54. The fraction of sp³-hybridized carbons (Fsp3) is 0.304. The van der Waals surface area contributed by atoms with Crippen LogP contribution in [0.3, 0.4) is 0 Å². The number of anilines is 1. The predicted molar refractivity (Wildman–Crippen MR) is 114 cm³/mol. The Hall–Kier alpha value is -3.28. The van der Waals surface area contributed by atoms with E-state index in [1.807, 2.05) is 18.2 Å². The lowest BCUT2D eigenvalue weighted by Crippen LogP contribution is -2.22. The first-order valence-electron chi connectivity index (χ1n) is 9.54. The van der Waals surface area contributed by atoms with E-state index in [1.165, 1.54) is 10.1 Å². The second-order valence-electron chi connectivity index (χ2n) is 7.73. The minimum Gasteiger partial charge on any atom is -0.493 e. The highest BCUT2D eigenvalue weighted by molar-refractivity contribution is 5.74. The van der Waals surface area contributed by atoms with Crippen LogP contribution in [0.4, 0.5) is 5.95 Å². The van der Waals surface area contributed by atoms with Crippen molar-refractivity contribution in [2.24, 2.45) is 7.05 Å². The Bertz CT molecular complexity index is 1140. The highest BCUT2D eigenvalue weighted by atomic mass is 16.5. The van der Waals surface area contributed by atoms with Crippen molar-refractivity contribution in [3.8, 4) is 22.6 Å². The molecule has 2 aromatic carbocycles. The van der Waals surface area contributed by atoms with Crippen LogP contribution in [0.15, 0.2) is 53.3 Å². The van der Waals surface area contributed by atoms with Crippen LogP contribution in [-0.2, 0) is 12.5 Å². The molecule has 1 aliphatic rings. The normalized spacial score (nSPS) is 20.3. The van der Waals surface area contributed by atoms with Gasteiger partial charge in [-0.2, -0.15) is 0 Å². The maximum atomic E-state index is 12.1. The third-order valence-corrected chi connectivity index (χ3v) is 6.02. The Kier molecular flexibility index (Phi) is 4.57. The highest BCUT2D eigenvalue weighted by Gasteiger charge is 2.53. The van der Waals surface area contributed by atoms with Gasteiger partial charge < -0.3 is 15.2 Å². The van der Waals surface area contributed by atoms with Gasteiger partial charge in [0.05, 0.1) is 19.9 Å². The maximum Gasteiger partial charge on any atom is 0.254 e. The molecule has 1 saturated carbocycles. The van der Waals surface area contributed by atoms with Crippen molar-refractivity contribution >= 4 is 5.95 Å². The molecule has 0 radical (unpaired) electrons. The van der Waals surface area contributed by atoms with E-state index in [4.69, 9.17) is 15.2 Å². The molecule has 3 aromatic rings. The fourth-order valence-electron chi connectivity index (χ4n) is 4.03. The number of aromatic nitrogens is 2. The number of hydrogen-bond acceptors (Lipinski definition) is 5.